The van der Waals surface area contributed by atoms with Crippen LogP contribution in [0.2, 0.25) is 0 Å². The van der Waals surface area contributed by atoms with Crippen LogP contribution in [0.4, 0.5) is 0 Å². The molecule has 0 radical (unpaired) electrons. The maximum atomic E-state index is 12.9. The van der Waals surface area contributed by atoms with Crippen molar-refractivity contribution in [1.29, 1.82) is 0 Å². The molecule has 0 bridgehead atoms. The van der Waals surface area contributed by atoms with Gasteiger partial charge in [0, 0.05) is 13.6 Å². The van der Waals surface area contributed by atoms with Crippen molar-refractivity contribution in [3.63, 3.8) is 0 Å². The Morgan fingerprint density at radius 1 is 1.04 bits per heavy atom. The molecule has 0 fully saturated rings. The highest BCUT2D eigenvalue weighted by atomic mass is 32.2. The van der Waals surface area contributed by atoms with Crippen LogP contribution in [-0.2, 0) is 21.4 Å². The third-order valence-electron chi connectivity index (χ3n) is 4.27. The van der Waals surface area contributed by atoms with E-state index >= 15 is 0 Å². The zero-order chi connectivity index (χ0) is 20.0. The number of benzene rings is 2. The van der Waals surface area contributed by atoms with E-state index in [0.717, 1.165) is 11.1 Å². The lowest BCUT2D eigenvalue weighted by molar-refractivity contribution is -0.132. The fourth-order valence-electron chi connectivity index (χ4n) is 2.84. The summed E-state index contributed by atoms with van der Waals surface area (Å²) in [4.78, 5) is 14.7. The fourth-order valence-corrected chi connectivity index (χ4v) is 4.05. The van der Waals surface area contributed by atoms with Crippen LogP contribution in [0, 0.1) is 12.8 Å². The third kappa shape index (κ3) is 6.19. The Morgan fingerprint density at radius 3 is 2.19 bits per heavy atom. The topological polar surface area (TPSA) is 66.5 Å². The molecule has 0 saturated carbocycles. The second-order valence-corrected chi connectivity index (χ2v) is 9.01. The Balaban J connectivity index is 2.18. The molecule has 1 N–H and O–H groups in total. The van der Waals surface area contributed by atoms with Crippen LogP contribution in [0.15, 0.2) is 59.5 Å². The molecule has 2 aromatic carbocycles. The number of amides is 1. The van der Waals surface area contributed by atoms with E-state index in [1.807, 2.05) is 51.1 Å². The molecule has 6 heteroatoms. The summed E-state index contributed by atoms with van der Waals surface area (Å²) in [6.45, 7) is 6.27. The van der Waals surface area contributed by atoms with Gasteiger partial charge in [0.05, 0.1) is 4.90 Å². The van der Waals surface area contributed by atoms with E-state index in [2.05, 4.69) is 4.72 Å². The second-order valence-electron chi connectivity index (χ2n) is 7.30. The quantitative estimate of drug-likeness (QED) is 0.754. The molecule has 0 aliphatic carbocycles. The Hall–Kier alpha value is -2.18. The van der Waals surface area contributed by atoms with E-state index < -0.39 is 16.1 Å². The predicted molar refractivity (Wildman–Crippen MR) is 108 cm³/mol. The zero-order valence-electron chi connectivity index (χ0n) is 16.3. The predicted octanol–water partition coefficient (Wildman–Crippen LogP) is 3.35. The third-order valence-corrected chi connectivity index (χ3v) is 5.76. The molecule has 0 aromatic heterocycles. The largest absolute Gasteiger partial charge is 0.340 e. The molecule has 5 nitrogen and oxygen atoms in total. The van der Waals surface area contributed by atoms with Crippen molar-refractivity contribution in [3.05, 3.63) is 65.7 Å². The smallest absolute Gasteiger partial charge is 0.241 e. The van der Waals surface area contributed by atoms with Gasteiger partial charge in [-0.25, -0.2) is 8.42 Å². The van der Waals surface area contributed by atoms with Gasteiger partial charge >= 0.3 is 0 Å². The zero-order valence-corrected chi connectivity index (χ0v) is 17.2. The average molecular weight is 389 g/mol. The van der Waals surface area contributed by atoms with Gasteiger partial charge in [-0.3, -0.25) is 4.79 Å². The number of likely N-dealkylation sites (N-methyl/N-ethyl adjacent to an activating group) is 1. The number of aryl methyl sites for hydroxylation is 1. The van der Waals surface area contributed by atoms with Crippen LogP contribution < -0.4 is 4.72 Å². The molecule has 27 heavy (non-hydrogen) atoms. The summed E-state index contributed by atoms with van der Waals surface area (Å²) in [6, 6.07) is 15.4. The lowest BCUT2D eigenvalue weighted by atomic mass is 10.0. The maximum Gasteiger partial charge on any atom is 0.241 e. The van der Waals surface area contributed by atoms with Crippen molar-refractivity contribution in [2.45, 2.75) is 44.7 Å². The van der Waals surface area contributed by atoms with E-state index in [0.29, 0.717) is 13.0 Å². The normalized spacial score (nSPS) is 12.8. The second kappa shape index (κ2) is 9.15. The molecular formula is C21H28N2O3S. The molecule has 2 aromatic rings. The summed E-state index contributed by atoms with van der Waals surface area (Å²) in [5, 5.41) is 0. The number of sulfonamides is 1. The van der Waals surface area contributed by atoms with Crippen LogP contribution in [0.3, 0.4) is 0 Å². The van der Waals surface area contributed by atoms with E-state index in [9.17, 15) is 13.2 Å². The van der Waals surface area contributed by atoms with E-state index in [-0.39, 0.29) is 16.7 Å². The Kier molecular flexibility index (Phi) is 7.16. The van der Waals surface area contributed by atoms with Gasteiger partial charge in [-0.2, -0.15) is 4.72 Å². The molecule has 146 valence electrons. The van der Waals surface area contributed by atoms with Crippen molar-refractivity contribution >= 4 is 15.9 Å². The molecule has 0 saturated heterocycles. The van der Waals surface area contributed by atoms with Crippen LogP contribution in [0.5, 0.6) is 0 Å². The van der Waals surface area contributed by atoms with Crippen molar-refractivity contribution < 1.29 is 13.2 Å². The molecule has 0 aliphatic rings. The van der Waals surface area contributed by atoms with Gasteiger partial charge in [-0.05, 0) is 37.0 Å². The van der Waals surface area contributed by atoms with Gasteiger partial charge < -0.3 is 4.90 Å². The van der Waals surface area contributed by atoms with Crippen molar-refractivity contribution in [2.24, 2.45) is 5.92 Å². The van der Waals surface area contributed by atoms with Gasteiger partial charge in [-0.15, -0.1) is 0 Å². The van der Waals surface area contributed by atoms with Gasteiger partial charge in [-0.1, -0.05) is 61.9 Å². The first kappa shape index (κ1) is 21.1. The molecule has 0 aliphatic heterocycles. The number of carbonyl (C=O) groups is 1. The van der Waals surface area contributed by atoms with Crippen molar-refractivity contribution in [3.8, 4) is 0 Å². The first-order chi connectivity index (χ1) is 12.7. The SMILES string of the molecule is Cc1ccc(S(=O)(=O)NC(CC(C)C)C(=O)N(C)Cc2ccccc2)cc1. The van der Waals surface area contributed by atoms with Crippen LogP contribution >= 0.6 is 0 Å². The first-order valence-corrected chi connectivity index (χ1v) is 10.6. The number of hydrogen-bond donors (Lipinski definition) is 1. The molecule has 1 amide bonds. The Morgan fingerprint density at radius 2 is 1.63 bits per heavy atom. The van der Waals surface area contributed by atoms with Gasteiger partial charge in [0.15, 0.2) is 0 Å². The minimum absolute atomic E-state index is 0.167. The average Bonchev–Trinajstić information content (AvgIpc) is 2.61. The summed E-state index contributed by atoms with van der Waals surface area (Å²) in [5.41, 5.74) is 1.98. The standard InChI is InChI=1S/C21H28N2O3S/c1-16(2)14-20(21(24)23(4)15-18-8-6-5-7-9-18)22-27(25,26)19-12-10-17(3)11-13-19/h5-13,16,20,22H,14-15H2,1-4H3. The van der Waals surface area contributed by atoms with Crippen molar-refractivity contribution in [1.82, 2.24) is 9.62 Å². The molecule has 1 atom stereocenters. The number of hydrogen-bond acceptors (Lipinski definition) is 3. The van der Waals surface area contributed by atoms with Crippen LogP contribution in [-0.4, -0.2) is 32.3 Å². The minimum atomic E-state index is -3.77. The monoisotopic (exact) mass is 388 g/mol. The lowest BCUT2D eigenvalue weighted by Crippen LogP contribution is -2.47. The van der Waals surface area contributed by atoms with E-state index in [1.54, 1.807) is 36.2 Å². The minimum Gasteiger partial charge on any atom is -0.340 e. The van der Waals surface area contributed by atoms with Gasteiger partial charge in [0.1, 0.15) is 6.04 Å². The highest BCUT2D eigenvalue weighted by Crippen LogP contribution is 2.15. The van der Waals surface area contributed by atoms with Crippen LogP contribution in [0.1, 0.15) is 31.4 Å². The number of nitrogens with one attached hydrogen (secondary N) is 1. The summed E-state index contributed by atoms with van der Waals surface area (Å²) < 4.78 is 28.1. The van der Waals surface area contributed by atoms with Gasteiger partial charge in [0.2, 0.25) is 15.9 Å². The van der Waals surface area contributed by atoms with Gasteiger partial charge in [0.25, 0.3) is 0 Å². The molecule has 0 spiro atoms. The molecule has 1 unspecified atom stereocenters. The maximum absolute atomic E-state index is 12.9. The molecule has 2 rings (SSSR count). The van der Waals surface area contributed by atoms with E-state index in [4.69, 9.17) is 0 Å². The van der Waals surface area contributed by atoms with Crippen molar-refractivity contribution in [2.75, 3.05) is 7.05 Å². The molecule has 0 heterocycles. The Labute approximate surface area is 162 Å². The Bertz CT molecular complexity index is 847. The highest BCUT2D eigenvalue weighted by molar-refractivity contribution is 7.89. The lowest BCUT2D eigenvalue weighted by Gasteiger charge is -2.26. The summed E-state index contributed by atoms with van der Waals surface area (Å²) >= 11 is 0. The summed E-state index contributed by atoms with van der Waals surface area (Å²) in [6.07, 6.45) is 0.434. The summed E-state index contributed by atoms with van der Waals surface area (Å²) in [5.74, 6) is -0.0620. The molecular weight excluding hydrogens is 360 g/mol. The summed E-state index contributed by atoms with van der Waals surface area (Å²) in [7, 11) is -2.07. The fraction of sp³-hybridized carbons (Fsp3) is 0.381. The number of rotatable bonds is 8. The number of carbonyl (C=O) groups excluding carboxylic acids is 1. The highest BCUT2D eigenvalue weighted by Gasteiger charge is 2.28. The first-order valence-electron chi connectivity index (χ1n) is 9.07. The van der Waals surface area contributed by atoms with E-state index in [1.165, 1.54) is 0 Å². The van der Waals surface area contributed by atoms with Crippen LogP contribution in [0.25, 0.3) is 0 Å². The number of nitrogens with zero attached hydrogens (tertiary/aromatic N) is 1.